The first-order valence-electron chi connectivity index (χ1n) is 14.2. The quantitative estimate of drug-likeness (QED) is 0.125. The number of rotatable bonds is 8. The predicted octanol–water partition coefficient (Wildman–Crippen LogP) is 9.02. The summed E-state index contributed by atoms with van der Waals surface area (Å²) in [4.78, 5) is 15.4. The molecule has 42 heavy (non-hydrogen) atoms. The Bertz CT molecular complexity index is 1570. The topological polar surface area (TPSA) is 80.4 Å². The number of nitro groups is 1. The summed E-state index contributed by atoms with van der Waals surface area (Å²) in [5.41, 5.74) is 8.05. The molecule has 5 rings (SSSR count). The van der Waals surface area contributed by atoms with Gasteiger partial charge in [-0.15, -0.1) is 0 Å². The van der Waals surface area contributed by atoms with Crippen LogP contribution in [0, 0.1) is 10.1 Å². The molecule has 2 aliphatic rings. The SMILES string of the molecule is CC.O=[N+]([O-])c1cccc(/C(=N\NC(C2=CC=CC=CC2)(C2=CC=CCCC2)c2ccccc2)c2ccnc(Cl)c2)c1. The van der Waals surface area contributed by atoms with E-state index in [0.717, 1.165) is 36.8 Å². The normalized spacial score (nSPS) is 16.1. The Labute approximate surface area is 252 Å². The van der Waals surface area contributed by atoms with Crippen LogP contribution < -0.4 is 5.43 Å². The minimum atomic E-state index is -0.766. The molecule has 0 spiro atoms. The molecule has 1 atom stereocenters. The van der Waals surface area contributed by atoms with Crippen molar-refractivity contribution in [3.8, 4) is 0 Å². The van der Waals surface area contributed by atoms with Crippen LogP contribution in [0.4, 0.5) is 5.69 Å². The van der Waals surface area contributed by atoms with Gasteiger partial charge < -0.3 is 0 Å². The summed E-state index contributed by atoms with van der Waals surface area (Å²) in [5.74, 6) is 0. The largest absolute Gasteiger partial charge is 0.290 e. The summed E-state index contributed by atoms with van der Waals surface area (Å²) in [6.07, 6.45) is 22.2. The van der Waals surface area contributed by atoms with Gasteiger partial charge in [0.2, 0.25) is 0 Å². The zero-order valence-electron chi connectivity index (χ0n) is 23.9. The van der Waals surface area contributed by atoms with E-state index in [0.29, 0.717) is 22.0 Å². The summed E-state index contributed by atoms with van der Waals surface area (Å²) >= 11 is 6.29. The highest BCUT2D eigenvalue weighted by Gasteiger charge is 2.39. The van der Waals surface area contributed by atoms with Crippen molar-refractivity contribution in [3.05, 3.63) is 165 Å². The molecule has 1 aromatic heterocycles. The molecular weight excluding hydrogens is 544 g/mol. The van der Waals surface area contributed by atoms with Crippen molar-refractivity contribution in [1.82, 2.24) is 10.4 Å². The van der Waals surface area contributed by atoms with E-state index in [1.807, 2.05) is 44.2 Å². The van der Waals surface area contributed by atoms with E-state index in [9.17, 15) is 10.1 Å². The highest BCUT2D eigenvalue weighted by atomic mass is 35.5. The Kier molecular flexibility index (Phi) is 10.8. The van der Waals surface area contributed by atoms with E-state index in [-0.39, 0.29) is 5.69 Å². The first-order chi connectivity index (χ1) is 20.6. The predicted molar refractivity (Wildman–Crippen MR) is 173 cm³/mol. The van der Waals surface area contributed by atoms with Crippen LogP contribution in [0.15, 0.2) is 138 Å². The number of aromatic nitrogens is 1. The lowest BCUT2D eigenvalue weighted by Crippen LogP contribution is -2.44. The molecule has 0 saturated heterocycles. The molecule has 1 unspecified atom stereocenters. The molecule has 0 amide bonds. The molecule has 7 heteroatoms. The van der Waals surface area contributed by atoms with Crippen LogP contribution >= 0.6 is 11.6 Å². The molecule has 0 radical (unpaired) electrons. The van der Waals surface area contributed by atoms with Crippen LogP contribution in [-0.4, -0.2) is 15.6 Å². The zero-order valence-corrected chi connectivity index (χ0v) is 24.7. The van der Waals surface area contributed by atoms with Gasteiger partial charge in [-0.05, 0) is 54.5 Å². The van der Waals surface area contributed by atoms with Crippen LogP contribution in [0.25, 0.3) is 0 Å². The highest BCUT2D eigenvalue weighted by molar-refractivity contribution is 6.30. The summed E-state index contributed by atoms with van der Waals surface area (Å²) in [6.45, 7) is 4.00. The summed E-state index contributed by atoms with van der Waals surface area (Å²) < 4.78 is 0. The second kappa shape index (κ2) is 14.9. The van der Waals surface area contributed by atoms with Crippen molar-refractivity contribution in [2.75, 3.05) is 0 Å². The number of hydrogen-bond donors (Lipinski definition) is 1. The molecule has 2 aromatic carbocycles. The van der Waals surface area contributed by atoms with E-state index in [4.69, 9.17) is 16.7 Å². The molecule has 0 saturated carbocycles. The van der Waals surface area contributed by atoms with Crippen molar-refractivity contribution < 1.29 is 4.92 Å². The first-order valence-corrected chi connectivity index (χ1v) is 14.6. The molecular formula is C35H35ClN4O2. The lowest BCUT2D eigenvalue weighted by molar-refractivity contribution is -0.384. The standard InChI is InChI=1S/C33H29ClN4O2.C2H6/c34-31-24-26(21-22-35-31)32(25-13-12-20-30(23-25)38(39)40)36-37-33(29-18-10-5-11-19-29,27-14-6-1-2-7-15-27)28-16-8-3-4-9-17-28;1-2/h1-3,5-8,10-14,16,18-24,37H,4,9,15,17H2;1-2H3/b36-32+;. The number of pyridine rings is 1. The molecule has 1 N–H and O–H groups in total. The van der Waals surface area contributed by atoms with Gasteiger partial charge in [0.05, 0.1) is 10.6 Å². The van der Waals surface area contributed by atoms with Gasteiger partial charge in [-0.25, -0.2) is 4.98 Å². The van der Waals surface area contributed by atoms with E-state index in [1.54, 1.807) is 24.4 Å². The van der Waals surface area contributed by atoms with Crippen molar-refractivity contribution in [2.24, 2.45) is 5.10 Å². The number of nitrogens with one attached hydrogen (secondary N) is 1. The molecule has 0 fully saturated rings. The van der Waals surface area contributed by atoms with Crippen LogP contribution in [0.3, 0.4) is 0 Å². The Morgan fingerprint density at radius 2 is 1.71 bits per heavy atom. The summed E-state index contributed by atoms with van der Waals surface area (Å²) in [7, 11) is 0. The number of hydrogen-bond acceptors (Lipinski definition) is 5. The molecule has 3 aromatic rings. The van der Waals surface area contributed by atoms with Crippen molar-refractivity contribution in [2.45, 2.75) is 45.1 Å². The fraction of sp³-hybridized carbons (Fsp3) is 0.200. The highest BCUT2D eigenvalue weighted by Crippen LogP contribution is 2.42. The van der Waals surface area contributed by atoms with Gasteiger partial charge in [-0.2, -0.15) is 5.10 Å². The molecule has 214 valence electrons. The van der Waals surface area contributed by atoms with Crippen molar-refractivity contribution >= 4 is 23.0 Å². The molecule has 6 nitrogen and oxygen atoms in total. The van der Waals surface area contributed by atoms with Crippen LogP contribution in [0.5, 0.6) is 0 Å². The van der Waals surface area contributed by atoms with Gasteiger partial charge in [0, 0.05) is 29.5 Å². The maximum Gasteiger partial charge on any atom is 0.270 e. The van der Waals surface area contributed by atoms with Gasteiger partial charge in [0.15, 0.2) is 0 Å². The molecule has 1 heterocycles. The first kappa shape index (κ1) is 30.4. The minimum absolute atomic E-state index is 0.0157. The van der Waals surface area contributed by atoms with Crippen LogP contribution in [0.1, 0.15) is 56.2 Å². The van der Waals surface area contributed by atoms with Gasteiger partial charge in [-0.1, -0.05) is 117 Å². The average Bonchev–Trinajstić information content (AvgIpc) is 3.48. The fourth-order valence-electron chi connectivity index (χ4n) is 5.17. The van der Waals surface area contributed by atoms with Crippen LogP contribution in [0.2, 0.25) is 5.15 Å². The van der Waals surface area contributed by atoms with Gasteiger partial charge in [0.1, 0.15) is 10.7 Å². The molecule has 0 aliphatic heterocycles. The number of non-ortho nitro benzene ring substituents is 1. The molecule has 2 aliphatic carbocycles. The number of hydrazone groups is 1. The van der Waals surface area contributed by atoms with E-state index < -0.39 is 10.5 Å². The third kappa shape index (κ3) is 7.01. The number of benzene rings is 2. The van der Waals surface area contributed by atoms with Crippen LogP contribution in [-0.2, 0) is 5.54 Å². The third-order valence-corrected chi connectivity index (χ3v) is 7.29. The Morgan fingerprint density at radius 3 is 2.50 bits per heavy atom. The third-order valence-electron chi connectivity index (χ3n) is 7.08. The number of halogens is 1. The Balaban J connectivity index is 0.00000198. The van der Waals surface area contributed by atoms with Crippen molar-refractivity contribution in [1.29, 1.82) is 0 Å². The van der Waals surface area contributed by atoms with E-state index in [1.165, 1.54) is 17.7 Å². The monoisotopic (exact) mass is 578 g/mol. The maximum absolute atomic E-state index is 11.6. The number of allylic oxidation sites excluding steroid dienone is 8. The summed E-state index contributed by atoms with van der Waals surface area (Å²) in [6, 6.07) is 20.3. The van der Waals surface area contributed by atoms with Crippen molar-refractivity contribution in [3.63, 3.8) is 0 Å². The van der Waals surface area contributed by atoms with E-state index in [2.05, 4.69) is 65.1 Å². The Hall–Kier alpha value is -4.55. The summed E-state index contributed by atoms with van der Waals surface area (Å²) in [5, 5.41) is 17.0. The smallest absolute Gasteiger partial charge is 0.270 e. The second-order valence-corrected chi connectivity index (χ2v) is 9.97. The minimum Gasteiger partial charge on any atom is -0.290 e. The average molecular weight is 579 g/mol. The van der Waals surface area contributed by atoms with Gasteiger partial charge in [0.25, 0.3) is 5.69 Å². The second-order valence-electron chi connectivity index (χ2n) is 9.58. The van der Waals surface area contributed by atoms with Gasteiger partial charge >= 0.3 is 0 Å². The molecule has 0 bridgehead atoms. The number of nitro benzene ring substituents is 1. The van der Waals surface area contributed by atoms with E-state index >= 15 is 0 Å². The maximum atomic E-state index is 11.6. The number of nitrogens with zero attached hydrogens (tertiary/aromatic N) is 3. The lowest BCUT2D eigenvalue weighted by Gasteiger charge is -2.39. The Morgan fingerprint density at radius 1 is 0.929 bits per heavy atom. The zero-order chi connectivity index (χ0) is 29.8. The lowest BCUT2D eigenvalue weighted by atomic mass is 9.73. The fourth-order valence-corrected chi connectivity index (χ4v) is 5.34. The van der Waals surface area contributed by atoms with Gasteiger partial charge in [-0.3, -0.25) is 15.5 Å².